The van der Waals surface area contributed by atoms with Crippen molar-refractivity contribution >= 4 is 17.2 Å². The Morgan fingerprint density at radius 1 is 1.35 bits per heavy atom. The number of aliphatic hydroxyl groups is 1. The van der Waals surface area contributed by atoms with Gasteiger partial charge in [0, 0.05) is 11.4 Å². The van der Waals surface area contributed by atoms with Crippen LogP contribution in [0.15, 0.2) is 36.4 Å². The highest BCUT2D eigenvalue weighted by Crippen LogP contribution is 2.36. The third kappa shape index (κ3) is 3.37. The predicted octanol–water partition coefficient (Wildman–Crippen LogP) is 2.54. The maximum absolute atomic E-state index is 12.1. The number of amides is 1. The Morgan fingerprint density at radius 2 is 2.10 bits per heavy atom. The lowest BCUT2D eigenvalue weighted by molar-refractivity contribution is 0.0945. The van der Waals surface area contributed by atoms with E-state index in [4.69, 9.17) is 9.84 Å². The molecule has 5 heteroatoms. The Kier molecular flexibility index (Phi) is 5.15. The van der Waals surface area contributed by atoms with Crippen LogP contribution in [0.25, 0.3) is 10.4 Å². The molecule has 0 saturated heterocycles. The van der Waals surface area contributed by atoms with Crippen molar-refractivity contribution in [2.45, 2.75) is 6.92 Å². The van der Waals surface area contributed by atoms with E-state index in [2.05, 4.69) is 5.32 Å². The van der Waals surface area contributed by atoms with Crippen molar-refractivity contribution in [3.8, 4) is 16.2 Å². The molecule has 0 spiro atoms. The number of hydrogen-bond acceptors (Lipinski definition) is 4. The Morgan fingerprint density at radius 3 is 2.75 bits per heavy atom. The summed E-state index contributed by atoms with van der Waals surface area (Å²) >= 11 is 1.39. The fourth-order valence-corrected chi connectivity index (χ4v) is 2.81. The van der Waals surface area contributed by atoms with Crippen molar-refractivity contribution in [2.24, 2.45) is 0 Å². The van der Waals surface area contributed by atoms with Gasteiger partial charge in [-0.1, -0.05) is 30.3 Å². The lowest BCUT2D eigenvalue weighted by atomic mass is 10.2. The van der Waals surface area contributed by atoms with Gasteiger partial charge in [-0.25, -0.2) is 0 Å². The van der Waals surface area contributed by atoms with E-state index in [0.29, 0.717) is 17.2 Å². The SMILES string of the molecule is CCOc1cc(-c2ccccc2)sc1C(=O)NCCO. The van der Waals surface area contributed by atoms with E-state index in [-0.39, 0.29) is 19.1 Å². The first-order valence-electron chi connectivity index (χ1n) is 6.47. The molecule has 1 aromatic heterocycles. The quantitative estimate of drug-likeness (QED) is 0.860. The van der Waals surface area contributed by atoms with Gasteiger partial charge in [-0.15, -0.1) is 11.3 Å². The van der Waals surface area contributed by atoms with Crippen molar-refractivity contribution in [3.05, 3.63) is 41.3 Å². The molecule has 0 radical (unpaired) electrons. The zero-order chi connectivity index (χ0) is 14.4. The lowest BCUT2D eigenvalue weighted by Crippen LogP contribution is -2.25. The third-order valence-electron chi connectivity index (χ3n) is 2.66. The number of nitrogens with one attached hydrogen (secondary N) is 1. The number of ether oxygens (including phenoxy) is 1. The van der Waals surface area contributed by atoms with Crippen molar-refractivity contribution in [1.29, 1.82) is 0 Å². The van der Waals surface area contributed by atoms with Gasteiger partial charge >= 0.3 is 0 Å². The molecule has 4 nitrogen and oxygen atoms in total. The molecule has 20 heavy (non-hydrogen) atoms. The Balaban J connectivity index is 2.31. The molecule has 0 bridgehead atoms. The smallest absolute Gasteiger partial charge is 0.265 e. The van der Waals surface area contributed by atoms with Gasteiger partial charge in [-0.05, 0) is 18.6 Å². The number of rotatable bonds is 6. The molecule has 0 atom stereocenters. The van der Waals surface area contributed by atoms with Crippen LogP contribution in [0.3, 0.4) is 0 Å². The molecule has 106 valence electrons. The molecule has 1 aromatic carbocycles. The molecule has 0 saturated carbocycles. The molecule has 0 aliphatic carbocycles. The second kappa shape index (κ2) is 7.07. The summed E-state index contributed by atoms with van der Waals surface area (Å²) in [7, 11) is 0. The van der Waals surface area contributed by atoms with Crippen LogP contribution in [0.1, 0.15) is 16.6 Å². The maximum atomic E-state index is 12.1. The Bertz CT molecular complexity index is 566. The molecule has 0 fully saturated rings. The lowest BCUT2D eigenvalue weighted by Gasteiger charge is -2.04. The van der Waals surface area contributed by atoms with Crippen LogP contribution < -0.4 is 10.1 Å². The highest BCUT2D eigenvalue weighted by atomic mass is 32.1. The number of thiophene rings is 1. The van der Waals surface area contributed by atoms with Gasteiger partial charge in [0.25, 0.3) is 5.91 Å². The molecule has 1 heterocycles. The highest BCUT2D eigenvalue weighted by molar-refractivity contribution is 7.17. The van der Waals surface area contributed by atoms with Gasteiger partial charge in [0.15, 0.2) is 0 Å². The largest absolute Gasteiger partial charge is 0.492 e. The van der Waals surface area contributed by atoms with E-state index in [1.165, 1.54) is 11.3 Å². The van der Waals surface area contributed by atoms with Gasteiger partial charge < -0.3 is 15.2 Å². The second-order valence-corrected chi connectivity index (χ2v) is 5.13. The molecule has 2 rings (SSSR count). The number of aliphatic hydroxyl groups excluding tert-OH is 1. The summed E-state index contributed by atoms with van der Waals surface area (Å²) in [5.74, 6) is 0.376. The minimum absolute atomic E-state index is 0.0768. The molecule has 0 aliphatic rings. The summed E-state index contributed by atoms with van der Waals surface area (Å²) in [4.78, 5) is 13.6. The van der Waals surface area contributed by atoms with Crippen LogP contribution in [-0.4, -0.2) is 30.8 Å². The van der Waals surface area contributed by atoms with Crippen LogP contribution in [0.5, 0.6) is 5.75 Å². The van der Waals surface area contributed by atoms with Crippen molar-refractivity contribution in [3.63, 3.8) is 0 Å². The highest BCUT2D eigenvalue weighted by Gasteiger charge is 2.17. The van der Waals surface area contributed by atoms with E-state index in [0.717, 1.165) is 10.4 Å². The fraction of sp³-hybridized carbons (Fsp3) is 0.267. The summed E-state index contributed by atoms with van der Waals surface area (Å²) in [6.45, 7) is 2.55. The van der Waals surface area contributed by atoms with Gasteiger partial charge in [-0.3, -0.25) is 4.79 Å². The summed E-state index contributed by atoms with van der Waals surface area (Å²) < 4.78 is 5.53. The van der Waals surface area contributed by atoms with Crippen LogP contribution >= 0.6 is 11.3 Å². The fourth-order valence-electron chi connectivity index (χ4n) is 1.79. The van der Waals surface area contributed by atoms with E-state index < -0.39 is 0 Å². The number of carbonyl (C=O) groups excluding carboxylic acids is 1. The molecule has 2 N–H and O–H groups in total. The van der Waals surface area contributed by atoms with Gasteiger partial charge in [0.1, 0.15) is 10.6 Å². The van der Waals surface area contributed by atoms with Crippen LogP contribution in [0.4, 0.5) is 0 Å². The van der Waals surface area contributed by atoms with Crippen molar-refractivity contribution in [2.75, 3.05) is 19.8 Å². The topological polar surface area (TPSA) is 58.6 Å². The first kappa shape index (κ1) is 14.6. The van der Waals surface area contributed by atoms with Gasteiger partial charge in [-0.2, -0.15) is 0 Å². The van der Waals surface area contributed by atoms with E-state index >= 15 is 0 Å². The molecule has 0 aliphatic heterocycles. The molecule has 1 amide bonds. The van der Waals surface area contributed by atoms with Crippen molar-refractivity contribution in [1.82, 2.24) is 5.32 Å². The van der Waals surface area contributed by atoms with E-state index in [9.17, 15) is 4.79 Å². The zero-order valence-electron chi connectivity index (χ0n) is 11.3. The zero-order valence-corrected chi connectivity index (χ0v) is 12.1. The second-order valence-electron chi connectivity index (χ2n) is 4.08. The van der Waals surface area contributed by atoms with Gasteiger partial charge in [0.05, 0.1) is 13.2 Å². The van der Waals surface area contributed by atoms with Crippen molar-refractivity contribution < 1.29 is 14.6 Å². The van der Waals surface area contributed by atoms with Gasteiger partial charge in [0.2, 0.25) is 0 Å². The van der Waals surface area contributed by atoms with E-state index in [1.54, 1.807) is 0 Å². The third-order valence-corrected chi connectivity index (χ3v) is 3.82. The Labute approximate surface area is 122 Å². The molecular weight excluding hydrogens is 274 g/mol. The predicted molar refractivity (Wildman–Crippen MR) is 80.3 cm³/mol. The average molecular weight is 291 g/mol. The first-order valence-corrected chi connectivity index (χ1v) is 7.29. The minimum atomic E-state index is -0.213. The number of carbonyl (C=O) groups is 1. The summed E-state index contributed by atoms with van der Waals surface area (Å²) in [5.41, 5.74) is 1.06. The molecule has 0 unspecified atom stereocenters. The normalized spacial score (nSPS) is 10.3. The minimum Gasteiger partial charge on any atom is -0.492 e. The first-order chi connectivity index (χ1) is 9.76. The van der Waals surface area contributed by atoms with E-state index in [1.807, 2.05) is 43.3 Å². The number of hydrogen-bond donors (Lipinski definition) is 2. The summed E-state index contributed by atoms with van der Waals surface area (Å²) in [5, 5.41) is 11.4. The molecular formula is C15H17NO3S. The monoisotopic (exact) mass is 291 g/mol. The van der Waals surface area contributed by atoms with Crippen LogP contribution in [-0.2, 0) is 0 Å². The summed E-state index contributed by atoms with van der Waals surface area (Å²) in [6, 6.07) is 11.8. The molecule has 2 aromatic rings. The summed E-state index contributed by atoms with van der Waals surface area (Å²) in [6.07, 6.45) is 0. The number of benzene rings is 1. The van der Waals surface area contributed by atoms with Crippen LogP contribution in [0.2, 0.25) is 0 Å². The standard InChI is InChI=1S/C15H17NO3S/c1-2-19-12-10-13(11-6-4-3-5-7-11)20-14(12)15(18)16-8-9-17/h3-7,10,17H,2,8-9H2,1H3,(H,16,18). The van der Waals surface area contributed by atoms with Crippen LogP contribution in [0, 0.1) is 0 Å². The Hall–Kier alpha value is -1.85. The average Bonchev–Trinajstić information content (AvgIpc) is 2.90. The maximum Gasteiger partial charge on any atom is 0.265 e.